The van der Waals surface area contributed by atoms with Gasteiger partial charge in [0.05, 0.1) is 0 Å². The van der Waals surface area contributed by atoms with Gasteiger partial charge >= 0.3 is 24.3 Å². The number of carboxylic acids is 2. The van der Waals surface area contributed by atoms with Crippen molar-refractivity contribution in [3.8, 4) is 0 Å². The summed E-state index contributed by atoms with van der Waals surface area (Å²) in [5.41, 5.74) is 2.81. The monoisotopic (exact) mass is 597 g/mol. The summed E-state index contributed by atoms with van der Waals surface area (Å²) in [5.74, 6) is -3.79. The van der Waals surface area contributed by atoms with Crippen molar-refractivity contribution >= 4 is 23.9 Å². The maximum atomic E-state index is 11.7. The van der Waals surface area contributed by atoms with Crippen LogP contribution in [0.2, 0.25) is 0 Å². The molecule has 3 N–H and O–H groups in total. The predicted octanol–water partition coefficient (Wildman–Crippen LogP) is 4.52. The van der Waals surface area contributed by atoms with Crippen LogP contribution in [0.3, 0.4) is 0 Å². The summed E-state index contributed by atoms with van der Waals surface area (Å²) < 4.78 is 63.5. The number of piperidine rings is 1. The molecule has 0 spiro atoms. The third kappa shape index (κ3) is 14.9. The number of rotatable bonds is 8. The molecule has 3 rings (SSSR count). The Labute approximate surface area is 235 Å². The number of aliphatic carboxylic acids is 2. The summed E-state index contributed by atoms with van der Waals surface area (Å²) in [6.45, 7) is 6.59. The summed E-state index contributed by atoms with van der Waals surface area (Å²) in [4.78, 5) is 33.7. The van der Waals surface area contributed by atoms with E-state index in [0.717, 1.165) is 32.1 Å². The summed E-state index contributed by atoms with van der Waals surface area (Å²) in [7, 11) is 3.67. The van der Waals surface area contributed by atoms with Gasteiger partial charge in [-0.1, -0.05) is 42.0 Å². The minimum absolute atomic E-state index is 0.234. The summed E-state index contributed by atoms with van der Waals surface area (Å²) in [6.07, 6.45) is -3.41. The predicted molar refractivity (Wildman–Crippen MR) is 140 cm³/mol. The number of nitrogens with zero attached hydrogens (tertiary/aromatic N) is 2. The van der Waals surface area contributed by atoms with E-state index in [9.17, 15) is 31.1 Å². The van der Waals surface area contributed by atoms with Crippen molar-refractivity contribution in [1.82, 2.24) is 15.1 Å². The molecular weight excluding hydrogens is 560 g/mol. The third-order valence-corrected chi connectivity index (χ3v) is 6.57. The zero-order chi connectivity index (χ0) is 31.4. The average Bonchev–Trinajstić information content (AvgIpc) is 3.67. The van der Waals surface area contributed by atoms with E-state index >= 15 is 0 Å². The molecule has 1 aromatic rings. The van der Waals surface area contributed by atoms with E-state index in [0.29, 0.717) is 18.4 Å². The van der Waals surface area contributed by atoms with Crippen molar-refractivity contribution < 1.29 is 50.9 Å². The van der Waals surface area contributed by atoms with Crippen molar-refractivity contribution in [1.29, 1.82) is 0 Å². The summed E-state index contributed by atoms with van der Waals surface area (Å²) >= 11 is 0. The topological polar surface area (TPSA) is 110 Å². The second kappa shape index (κ2) is 16.3. The first-order valence-electron chi connectivity index (χ1n) is 12.9. The summed E-state index contributed by atoms with van der Waals surface area (Å²) in [6, 6.07) is 11.3. The Hall–Kier alpha value is -3.13. The van der Waals surface area contributed by atoms with Crippen molar-refractivity contribution in [2.24, 2.45) is 11.8 Å². The second-order valence-electron chi connectivity index (χ2n) is 10.1. The van der Waals surface area contributed by atoms with Crippen LogP contribution in [0.5, 0.6) is 0 Å². The quantitative estimate of drug-likeness (QED) is 0.378. The molecule has 2 atom stereocenters. The van der Waals surface area contributed by atoms with Crippen molar-refractivity contribution in [2.45, 2.75) is 51.0 Å². The van der Waals surface area contributed by atoms with Gasteiger partial charge in [-0.15, -0.1) is 0 Å². The van der Waals surface area contributed by atoms with Gasteiger partial charge in [0.15, 0.2) is 0 Å². The number of halogens is 6. The standard InChI is InChI=1S/C23H35N3O.2C2HF3O2/c1-18(15-19-7-5-4-6-8-19)21-16-22(21)24-17-20-9-12-26(13-10-20)14-11-23(27)25(2)3;2*3-2(4,5)1(6)7/h4-8,15,20-22,24H,9-14,16-17H2,1-3H3;2*(H,6,7)/t21-,22+;;/m0../s1. The normalized spacial score (nSPS) is 19.7. The first-order chi connectivity index (χ1) is 18.9. The van der Waals surface area contributed by atoms with Crippen LogP contribution in [0.4, 0.5) is 26.3 Å². The number of carbonyl (C=O) groups is 3. The lowest BCUT2D eigenvalue weighted by atomic mass is 9.96. The highest BCUT2D eigenvalue weighted by molar-refractivity contribution is 5.75. The molecule has 0 unspecified atom stereocenters. The van der Waals surface area contributed by atoms with Gasteiger partial charge in [-0.2, -0.15) is 26.3 Å². The van der Waals surface area contributed by atoms with Crippen LogP contribution in [-0.2, 0) is 14.4 Å². The Bertz CT molecular complexity index is 983. The van der Waals surface area contributed by atoms with Crippen LogP contribution in [0.15, 0.2) is 35.9 Å². The lowest BCUT2D eigenvalue weighted by Gasteiger charge is -2.32. The van der Waals surface area contributed by atoms with Gasteiger partial charge in [0, 0.05) is 33.1 Å². The molecule has 0 aromatic heterocycles. The van der Waals surface area contributed by atoms with Gasteiger partial charge in [0.25, 0.3) is 0 Å². The minimum atomic E-state index is -5.08. The summed E-state index contributed by atoms with van der Waals surface area (Å²) in [5, 5.41) is 18.1. The van der Waals surface area contributed by atoms with Crippen LogP contribution < -0.4 is 5.32 Å². The second-order valence-corrected chi connectivity index (χ2v) is 10.1. The first-order valence-corrected chi connectivity index (χ1v) is 12.9. The van der Waals surface area contributed by atoms with Gasteiger partial charge in [-0.3, -0.25) is 4.79 Å². The molecule has 1 saturated heterocycles. The molecule has 2 fully saturated rings. The lowest BCUT2D eigenvalue weighted by Crippen LogP contribution is -2.39. The molecule has 1 heterocycles. The molecule has 1 aliphatic heterocycles. The van der Waals surface area contributed by atoms with Gasteiger partial charge in [0.1, 0.15) is 0 Å². The van der Waals surface area contributed by atoms with Gasteiger partial charge < -0.3 is 25.3 Å². The van der Waals surface area contributed by atoms with Crippen LogP contribution in [0, 0.1) is 11.8 Å². The number of likely N-dealkylation sites (tertiary alicyclic amines) is 1. The zero-order valence-corrected chi connectivity index (χ0v) is 23.1. The molecular formula is C27H37F6N3O5. The largest absolute Gasteiger partial charge is 0.490 e. The number of hydrogen-bond donors (Lipinski definition) is 3. The number of carboxylic acid groups (broad SMARTS) is 2. The molecule has 2 aliphatic rings. The smallest absolute Gasteiger partial charge is 0.475 e. The average molecular weight is 598 g/mol. The van der Waals surface area contributed by atoms with Crippen LogP contribution >= 0.6 is 0 Å². The SMILES string of the molecule is CC(=Cc1ccccc1)[C@@H]1C[C@H]1NCC1CCN(CCC(=O)N(C)C)CC1.O=C(O)C(F)(F)F.O=C(O)C(F)(F)F. The maximum absolute atomic E-state index is 11.7. The van der Waals surface area contributed by atoms with Crippen LogP contribution in [0.1, 0.15) is 38.2 Å². The first kappa shape index (κ1) is 35.9. The molecule has 8 nitrogen and oxygen atoms in total. The van der Waals surface area contributed by atoms with E-state index < -0.39 is 24.3 Å². The number of benzene rings is 1. The van der Waals surface area contributed by atoms with E-state index in [2.05, 4.69) is 53.5 Å². The molecule has 232 valence electrons. The Morgan fingerprint density at radius 3 is 1.90 bits per heavy atom. The Morgan fingerprint density at radius 1 is 0.976 bits per heavy atom. The fourth-order valence-corrected chi connectivity index (χ4v) is 4.05. The van der Waals surface area contributed by atoms with E-state index in [-0.39, 0.29) is 5.91 Å². The highest BCUT2D eigenvalue weighted by Crippen LogP contribution is 2.38. The number of carbonyl (C=O) groups excluding carboxylic acids is 1. The molecule has 1 saturated carbocycles. The molecule has 1 amide bonds. The molecule has 0 bridgehead atoms. The highest BCUT2D eigenvalue weighted by atomic mass is 19.4. The van der Waals surface area contributed by atoms with E-state index in [1.54, 1.807) is 4.90 Å². The minimum Gasteiger partial charge on any atom is -0.475 e. The Morgan fingerprint density at radius 2 is 1.46 bits per heavy atom. The van der Waals surface area contributed by atoms with Crippen molar-refractivity contribution in [3.63, 3.8) is 0 Å². The Kier molecular flexibility index (Phi) is 14.3. The van der Waals surface area contributed by atoms with E-state index in [4.69, 9.17) is 19.8 Å². The van der Waals surface area contributed by atoms with Gasteiger partial charge in [-0.25, -0.2) is 9.59 Å². The Balaban J connectivity index is 0.000000497. The van der Waals surface area contributed by atoms with Crippen molar-refractivity contribution in [3.05, 3.63) is 41.5 Å². The number of amides is 1. The fourth-order valence-electron chi connectivity index (χ4n) is 4.05. The molecule has 41 heavy (non-hydrogen) atoms. The van der Waals surface area contributed by atoms with E-state index in [1.807, 2.05) is 14.1 Å². The lowest BCUT2D eigenvalue weighted by molar-refractivity contribution is -0.193. The van der Waals surface area contributed by atoms with Crippen molar-refractivity contribution in [2.75, 3.05) is 40.3 Å². The number of alkyl halides is 6. The third-order valence-electron chi connectivity index (χ3n) is 6.57. The zero-order valence-electron chi connectivity index (χ0n) is 23.1. The fraction of sp³-hybridized carbons (Fsp3) is 0.593. The molecule has 14 heteroatoms. The highest BCUT2D eigenvalue weighted by Gasteiger charge is 2.39. The van der Waals surface area contributed by atoms with E-state index in [1.165, 1.54) is 30.4 Å². The maximum Gasteiger partial charge on any atom is 0.490 e. The number of nitrogens with one attached hydrogen (secondary N) is 1. The van der Waals surface area contributed by atoms with Gasteiger partial charge in [-0.05, 0) is 63.2 Å². The number of hydrogen-bond acceptors (Lipinski definition) is 5. The molecule has 1 aromatic carbocycles. The molecule has 0 radical (unpaired) electrons. The van der Waals surface area contributed by atoms with Gasteiger partial charge in [0.2, 0.25) is 5.91 Å². The van der Waals surface area contributed by atoms with Crippen LogP contribution in [-0.4, -0.2) is 96.5 Å². The van der Waals surface area contributed by atoms with Crippen LogP contribution in [0.25, 0.3) is 6.08 Å². The molecule has 1 aliphatic carbocycles.